The molecule has 5 heteroatoms. The van der Waals surface area contributed by atoms with E-state index in [0.717, 1.165) is 35.4 Å². The molecule has 2 aromatic carbocycles. The Morgan fingerprint density at radius 1 is 0.871 bits per heavy atom. The number of amides is 1. The van der Waals surface area contributed by atoms with Crippen LogP contribution in [0.3, 0.4) is 0 Å². The average molecular weight is 404 g/mol. The third-order valence-electron chi connectivity index (χ3n) is 7.13. The quantitative estimate of drug-likeness (QED) is 0.518. The van der Waals surface area contributed by atoms with E-state index in [4.69, 9.17) is 4.98 Å². The topological polar surface area (TPSA) is 58.1 Å². The van der Waals surface area contributed by atoms with Gasteiger partial charge in [0.2, 0.25) is 5.91 Å². The molecule has 1 atom stereocenters. The molecule has 5 nitrogen and oxygen atoms in total. The summed E-state index contributed by atoms with van der Waals surface area (Å²) in [6.45, 7) is 1.79. The second kappa shape index (κ2) is 5.91. The highest BCUT2D eigenvalue weighted by atomic mass is 16.2. The molecule has 0 saturated heterocycles. The number of fused-ring (bicyclic) bond motifs is 5. The van der Waals surface area contributed by atoms with Gasteiger partial charge in [-0.05, 0) is 65.4 Å². The highest BCUT2D eigenvalue weighted by Crippen LogP contribution is 2.47. The normalized spacial score (nSPS) is 20.8. The van der Waals surface area contributed by atoms with Crippen LogP contribution in [-0.4, -0.2) is 15.9 Å². The monoisotopic (exact) mass is 404 g/mol. The lowest BCUT2D eigenvalue weighted by Crippen LogP contribution is -2.35. The van der Waals surface area contributed by atoms with Gasteiger partial charge in [-0.3, -0.25) is 4.79 Å². The van der Waals surface area contributed by atoms with Gasteiger partial charge in [-0.15, -0.1) is 0 Å². The van der Waals surface area contributed by atoms with Crippen LogP contribution < -0.4 is 10.2 Å². The van der Waals surface area contributed by atoms with Crippen LogP contribution in [0, 0.1) is 0 Å². The van der Waals surface area contributed by atoms with E-state index in [0.29, 0.717) is 18.7 Å². The van der Waals surface area contributed by atoms with E-state index in [9.17, 15) is 4.79 Å². The Bertz CT molecular complexity index is 1390. The fraction of sp³-hybridized carbons (Fsp3) is 0.192. The lowest BCUT2D eigenvalue weighted by Gasteiger charge is -2.20. The second-order valence-electron chi connectivity index (χ2n) is 8.90. The number of hydrogen-bond acceptors (Lipinski definition) is 4. The Balaban J connectivity index is 1.27. The zero-order valence-corrected chi connectivity index (χ0v) is 16.9. The van der Waals surface area contributed by atoms with E-state index < -0.39 is 5.41 Å². The van der Waals surface area contributed by atoms with Crippen molar-refractivity contribution in [3.8, 4) is 0 Å². The molecule has 1 unspecified atom stereocenters. The molecular weight excluding hydrogens is 384 g/mol. The molecule has 0 bridgehead atoms. The van der Waals surface area contributed by atoms with Gasteiger partial charge in [-0.25, -0.2) is 9.97 Å². The molecule has 31 heavy (non-hydrogen) atoms. The minimum atomic E-state index is -0.539. The highest BCUT2D eigenvalue weighted by Gasteiger charge is 2.51. The maximum atomic E-state index is 13.0. The molecule has 4 heterocycles. The minimum absolute atomic E-state index is 0.0601. The Labute approximate surface area is 179 Å². The van der Waals surface area contributed by atoms with Crippen LogP contribution >= 0.6 is 0 Å². The molecule has 2 aromatic heterocycles. The summed E-state index contributed by atoms with van der Waals surface area (Å²) in [6, 6.07) is 21.2. The molecule has 0 fully saturated rings. The third kappa shape index (κ3) is 2.34. The van der Waals surface area contributed by atoms with Crippen molar-refractivity contribution in [1.29, 1.82) is 0 Å². The standard InChI is InChI=1S/C26H20N4O/c31-25-26(21-6-3-9-27-24(21)29-25)12-19-10-16-7-8-23(28-22(16)11-20(19)13-26)30-14-17-4-1-2-5-18(17)15-30/h1-11H,12-15H2,(H,27,29,31). The number of nitrogens with zero attached hydrogens (tertiary/aromatic N) is 3. The van der Waals surface area contributed by atoms with Gasteiger partial charge in [0.15, 0.2) is 0 Å². The molecule has 7 rings (SSSR count). The van der Waals surface area contributed by atoms with Crippen LogP contribution in [0.25, 0.3) is 10.9 Å². The zero-order chi connectivity index (χ0) is 20.6. The molecular formula is C26H20N4O. The zero-order valence-electron chi connectivity index (χ0n) is 16.9. The maximum Gasteiger partial charge on any atom is 0.237 e. The van der Waals surface area contributed by atoms with Crippen LogP contribution in [0.15, 0.2) is 66.9 Å². The molecule has 1 N–H and O–H groups in total. The van der Waals surface area contributed by atoms with Gasteiger partial charge in [0, 0.05) is 30.2 Å². The number of pyridine rings is 2. The smallest absolute Gasteiger partial charge is 0.237 e. The fourth-order valence-corrected chi connectivity index (χ4v) is 5.56. The molecule has 1 spiro atoms. The van der Waals surface area contributed by atoms with Gasteiger partial charge in [0.05, 0.1) is 10.9 Å². The first-order valence-electron chi connectivity index (χ1n) is 10.7. The van der Waals surface area contributed by atoms with Crippen LogP contribution in [0.2, 0.25) is 0 Å². The van der Waals surface area contributed by atoms with E-state index in [1.165, 1.54) is 22.3 Å². The van der Waals surface area contributed by atoms with E-state index in [1.807, 2.05) is 12.1 Å². The molecule has 3 aliphatic rings. The van der Waals surface area contributed by atoms with Crippen molar-refractivity contribution in [2.24, 2.45) is 0 Å². The highest BCUT2D eigenvalue weighted by molar-refractivity contribution is 6.06. The summed E-state index contributed by atoms with van der Waals surface area (Å²) in [5.41, 5.74) is 6.68. The van der Waals surface area contributed by atoms with Crippen LogP contribution in [0.1, 0.15) is 27.8 Å². The Kier molecular flexibility index (Phi) is 3.24. The summed E-state index contributed by atoms with van der Waals surface area (Å²) in [5.74, 6) is 1.77. The largest absolute Gasteiger partial charge is 0.348 e. The second-order valence-corrected chi connectivity index (χ2v) is 8.90. The van der Waals surface area contributed by atoms with E-state index in [-0.39, 0.29) is 5.91 Å². The molecule has 150 valence electrons. The number of carbonyl (C=O) groups is 1. The molecule has 1 aliphatic carbocycles. The predicted octanol–water partition coefficient (Wildman–Crippen LogP) is 4.14. The van der Waals surface area contributed by atoms with Crippen molar-refractivity contribution in [2.45, 2.75) is 31.3 Å². The Morgan fingerprint density at radius 3 is 2.45 bits per heavy atom. The maximum absolute atomic E-state index is 13.0. The molecule has 0 radical (unpaired) electrons. The van der Waals surface area contributed by atoms with Crippen molar-refractivity contribution in [3.63, 3.8) is 0 Å². The number of nitrogens with one attached hydrogen (secondary N) is 1. The summed E-state index contributed by atoms with van der Waals surface area (Å²) in [7, 11) is 0. The van der Waals surface area contributed by atoms with Gasteiger partial charge in [0.25, 0.3) is 0 Å². The first-order valence-corrected chi connectivity index (χ1v) is 10.7. The SMILES string of the molecule is O=C1Nc2ncccc2C12Cc1cc3ccc(N4Cc5ccccc5C4)nc3cc1C2. The van der Waals surface area contributed by atoms with Gasteiger partial charge in [-0.1, -0.05) is 30.3 Å². The number of benzene rings is 2. The summed E-state index contributed by atoms with van der Waals surface area (Å²) in [6.07, 6.45) is 3.15. The summed E-state index contributed by atoms with van der Waals surface area (Å²) >= 11 is 0. The number of hydrogen-bond donors (Lipinski definition) is 1. The Morgan fingerprint density at radius 2 is 1.65 bits per heavy atom. The average Bonchev–Trinajstić information content (AvgIpc) is 3.46. The predicted molar refractivity (Wildman–Crippen MR) is 120 cm³/mol. The number of carbonyl (C=O) groups excluding carboxylic acids is 1. The molecule has 1 amide bonds. The lowest BCUT2D eigenvalue weighted by atomic mass is 9.79. The van der Waals surface area contributed by atoms with Crippen molar-refractivity contribution in [2.75, 3.05) is 10.2 Å². The van der Waals surface area contributed by atoms with Crippen molar-refractivity contribution >= 4 is 28.4 Å². The summed E-state index contributed by atoms with van der Waals surface area (Å²) < 4.78 is 0. The van der Waals surface area contributed by atoms with Crippen LogP contribution in [-0.2, 0) is 36.1 Å². The van der Waals surface area contributed by atoms with Gasteiger partial charge >= 0.3 is 0 Å². The van der Waals surface area contributed by atoms with E-state index >= 15 is 0 Å². The van der Waals surface area contributed by atoms with E-state index in [2.05, 4.69) is 63.7 Å². The fourth-order valence-electron chi connectivity index (χ4n) is 5.56. The molecule has 2 aliphatic heterocycles. The van der Waals surface area contributed by atoms with Crippen molar-refractivity contribution < 1.29 is 4.79 Å². The molecule has 0 saturated carbocycles. The minimum Gasteiger partial charge on any atom is -0.348 e. The van der Waals surface area contributed by atoms with Crippen molar-refractivity contribution in [3.05, 3.63) is 94.7 Å². The van der Waals surface area contributed by atoms with Gasteiger partial charge < -0.3 is 10.2 Å². The third-order valence-corrected chi connectivity index (χ3v) is 7.13. The summed E-state index contributed by atoms with van der Waals surface area (Å²) in [5, 5.41) is 4.12. The van der Waals surface area contributed by atoms with Crippen LogP contribution in [0.5, 0.6) is 0 Å². The van der Waals surface area contributed by atoms with Crippen LogP contribution in [0.4, 0.5) is 11.6 Å². The van der Waals surface area contributed by atoms with Gasteiger partial charge in [-0.2, -0.15) is 0 Å². The van der Waals surface area contributed by atoms with Crippen molar-refractivity contribution in [1.82, 2.24) is 9.97 Å². The number of aromatic nitrogens is 2. The lowest BCUT2D eigenvalue weighted by molar-refractivity contribution is -0.120. The Hall–Kier alpha value is -3.73. The number of anilines is 2. The first-order chi connectivity index (χ1) is 15.2. The van der Waals surface area contributed by atoms with Gasteiger partial charge in [0.1, 0.15) is 11.6 Å². The summed E-state index contributed by atoms with van der Waals surface area (Å²) in [4.78, 5) is 24.7. The van der Waals surface area contributed by atoms with E-state index in [1.54, 1.807) is 6.20 Å². The first kappa shape index (κ1) is 17.0. The number of rotatable bonds is 1. The molecule has 4 aromatic rings.